The highest BCUT2D eigenvalue weighted by atomic mass is 35.5. The number of anilines is 1. The number of hydrogen-bond donors (Lipinski definition) is 1. The van der Waals surface area contributed by atoms with Crippen molar-refractivity contribution in [3.05, 3.63) is 97.2 Å². The van der Waals surface area contributed by atoms with Gasteiger partial charge in [0.2, 0.25) is 0 Å². The van der Waals surface area contributed by atoms with Gasteiger partial charge in [0.05, 0.1) is 39.3 Å². The minimum Gasteiger partial charge on any atom is -0.489 e. The van der Waals surface area contributed by atoms with Crippen molar-refractivity contribution in [1.82, 2.24) is 10.1 Å². The molecule has 2 fully saturated rings. The number of carboxylic acids is 1. The van der Waals surface area contributed by atoms with Crippen molar-refractivity contribution in [2.24, 2.45) is 5.18 Å². The topological polar surface area (TPSA) is 118 Å². The van der Waals surface area contributed by atoms with Crippen LogP contribution in [0.3, 0.4) is 0 Å². The fraction of sp³-hybridized carbons (Fsp3) is 0.250. The summed E-state index contributed by atoms with van der Waals surface area (Å²) >= 11 is 19.5. The van der Waals surface area contributed by atoms with Gasteiger partial charge < -0.3 is 19.3 Å². The number of carbonyl (C=O) groups is 1. The summed E-state index contributed by atoms with van der Waals surface area (Å²) in [6.45, 7) is 0.568. The van der Waals surface area contributed by atoms with E-state index in [-0.39, 0.29) is 31.2 Å². The van der Waals surface area contributed by atoms with E-state index in [9.17, 15) is 14.8 Å². The van der Waals surface area contributed by atoms with E-state index >= 15 is 0 Å². The first kappa shape index (κ1) is 26.6. The van der Waals surface area contributed by atoms with Crippen molar-refractivity contribution in [3.8, 4) is 17.0 Å². The van der Waals surface area contributed by atoms with Crippen LogP contribution in [0.4, 0.5) is 5.82 Å². The molecular weight excluding hydrogens is 579 g/mol. The van der Waals surface area contributed by atoms with Gasteiger partial charge in [0.1, 0.15) is 29.6 Å². The molecule has 40 heavy (non-hydrogen) atoms. The molecule has 1 saturated carbocycles. The predicted molar refractivity (Wildman–Crippen MR) is 151 cm³/mol. The minimum atomic E-state index is -1.10. The highest BCUT2D eigenvalue weighted by Gasteiger charge is 2.48. The molecule has 0 spiro atoms. The number of hydrogen-bond acceptors (Lipinski definition) is 8. The van der Waals surface area contributed by atoms with Gasteiger partial charge in [0.15, 0.2) is 5.54 Å². The van der Waals surface area contributed by atoms with E-state index < -0.39 is 11.5 Å². The Morgan fingerprint density at radius 3 is 2.50 bits per heavy atom. The molecule has 1 aliphatic carbocycles. The van der Waals surface area contributed by atoms with E-state index in [1.54, 1.807) is 41.3 Å². The standard InChI is InChI=1S/C28H21Cl3N4O5/c29-20-2-1-3-21(30)24(20)25-18(26(40-33-25)15-4-5-15)12-39-17-6-7-19(22(31)11-17)28(34-38)13-35(14-28)23-10-16(27(36)37)8-9-32-23/h1-3,6-11,15H,4-5,12-14H2,(H,36,37). The van der Waals surface area contributed by atoms with Gasteiger partial charge in [-0.25, -0.2) is 9.78 Å². The molecule has 2 aromatic carbocycles. The lowest BCUT2D eigenvalue weighted by Gasteiger charge is -2.46. The number of aromatic nitrogens is 2. The maximum Gasteiger partial charge on any atom is 0.335 e. The molecule has 4 aromatic rings. The number of pyridine rings is 1. The molecule has 1 saturated heterocycles. The number of aromatic carboxylic acids is 1. The zero-order chi connectivity index (χ0) is 28.0. The van der Waals surface area contributed by atoms with E-state index in [1.165, 1.54) is 18.3 Å². The summed E-state index contributed by atoms with van der Waals surface area (Å²) in [6, 6.07) is 13.2. The summed E-state index contributed by atoms with van der Waals surface area (Å²) in [4.78, 5) is 29.3. The second kappa shape index (κ2) is 10.4. The molecule has 12 heteroatoms. The van der Waals surface area contributed by atoms with Crippen LogP contribution >= 0.6 is 34.8 Å². The summed E-state index contributed by atoms with van der Waals surface area (Å²) in [6.07, 6.45) is 3.43. The Labute approximate surface area is 243 Å². The van der Waals surface area contributed by atoms with Gasteiger partial charge in [0, 0.05) is 23.2 Å². The molecule has 6 rings (SSSR count). The second-order valence-corrected chi connectivity index (χ2v) is 11.1. The number of rotatable bonds is 9. The van der Waals surface area contributed by atoms with Crippen LogP contribution in [0.1, 0.15) is 46.0 Å². The first-order valence-corrected chi connectivity index (χ1v) is 13.6. The summed E-state index contributed by atoms with van der Waals surface area (Å²) in [5.74, 6) is 0.914. The van der Waals surface area contributed by atoms with E-state index in [0.29, 0.717) is 43.5 Å². The lowest BCUT2D eigenvalue weighted by Crippen LogP contribution is -2.58. The molecule has 1 aliphatic heterocycles. The van der Waals surface area contributed by atoms with E-state index in [1.807, 2.05) is 0 Å². The summed E-state index contributed by atoms with van der Waals surface area (Å²) in [7, 11) is 0. The molecule has 0 atom stereocenters. The predicted octanol–water partition coefficient (Wildman–Crippen LogP) is 7.33. The van der Waals surface area contributed by atoms with Crippen LogP contribution in [0.5, 0.6) is 5.75 Å². The number of carboxylic acid groups (broad SMARTS) is 1. The fourth-order valence-electron chi connectivity index (χ4n) is 4.92. The van der Waals surface area contributed by atoms with Gasteiger partial charge in [-0.2, -0.15) is 0 Å². The van der Waals surface area contributed by atoms with Crippen LogP contribution in [0, 0.1) is 4.91 Å². The molecular formula is C28H21Cl3N4O5. The normalized spacial score (nSPS) is 15.9. The Bertz CT molecular complexity index is 1610. The third-order valence-electron chi connectivity index (χ3n) is 7.19. The summed E-state index contributed by atoms with van der Waals surface area (Å²) < 4.78 is 11.8. The Balaban J connectivity index is 1.21. The Hall–Kier alpha value is -3.66. The first-order chi connectivity index (χ1) is 19.3. The zero-order valence-corrected chi connectivity index (χ0v) is 23.1. The van der Waals surface area contributed by atoms with Crippen LogP contribution in [0.15, 0.2) is 64.4 Å². The molecule has 2 aromatic heterocycles. The third kappa shape index (κ3) is 4.78. The molecule has 3 heterocycles. The number of nitrogens with zero attached hydrogens (tertiary/aromatic N) is 4. The highest BCUT2D eigenvalue weighted by molar-refractivity contribution is 6.39. The lowest BCUT2D eigenvalue weighted by atomic mass is 9.83. The Morgan fingerprint density at radius 1 is 1.10 bits per heavy atom. The van der Waals surface area contributed by atoms with Crippen molar-refractivity contribution < 1.29 is 19.2 Å². The highest BCUT2D eigenvalue weighted by Crippen LogP contribution is 2.46. The van der Waals surface area contributed by atoms with E-state index in [4.69, 9.17) is 44.1 Å². The Kier molecular flexibility index (Phi) is 6.90. The van der Waals surface area contributed by atoms with Crippen molar-refractivity contribution >= 4 is 46.6 Å². The van der Waals surface area contributed by atoms with Crippen LogP contribution in [-0.4, -0.2) is 34.3 Å². The molecule has 1 N–H and O–H groups in total. The second-order valence-electron chi connectivity index (χ2n) is 9.86. The average Bonchev–Trinajstić information content (AvgIpc) is 3.68. The van der Waals surface area contributed by atoms with E-state index in [0.717, 1.165) is 24.2 Å². The maximum atomic E-state index is 12.0. The largest absolute Gasteiger partial charge is 0.489 e. The SMILES string of the molecule is O=NC1(c2ccc(OCc3c(-c4c(Cl)cccc4Cl)noc3C3CC3)cc2Cl)CN(c2cc(C(=O)O)ccn2)C1. The molecule has 0 amide bonds. The van der Waals surface area contributed by atoms with Gasteiger partial charge in [-0.05, 0) is 49.2 Å². The number of ether oxygens (including phenoxy) is 1. The average molecular weight is 600 g/mol. The maximum absolute atomic E-state index is 12.0. The van der Waals surface area contributed by atoms with Gasteiger partial charge in [-0.15, -0.1) is 4.91 Å². The van der Waals surface area contributed by atoms with Gasteiger partial charge in [-0.1, -0.05) is 57.3 Å². The third-order valence-corrected chi connectivity index (χ3v) is 8.13. The van der Waals surface area contributed by atoms with Crippen LogP contribution in [-0.2, 0) is 12.1 Å². The number of benzene rings is 2. The van der Waals surface area contributed by atoms with E-state index in [2.05, 4.69) is 15.3 Å². The lowest BCUT2D eigenvalue weighted by molar-refractivity contribution is 0.0696. The van der Waals surface area contributed by atoms with Crippen LogP contribution < -0.4 is 9.64 Å². The molecule has 0 unspecified atom stereocenters. The smallest absolute Gasteiger partial charge is 0.335 e. The molecule has 2 aliphatic rings. The van der Waals surface area contributed by atoms with Crippen LogP contribution in [0.2, 0.25) is 15.1 Å². The number of halogens is 3. The zero-order valence-electron chi connectivity index (χ0n) is 20.8. The summed E-state index contributed by atoms with van der Waals surface area (Å²) in [5.41, 5.74) is 1.46. The molecule has 9 nitrogen and oxygen atoms in total. The molecule has 0 bridgehead atoms. The fourth-order valence-corrected chi connectivity index (χ4v) is 5.84. The van der Waals surface area contributed by atoms with Crippen molar-refractivity contribution in [3.63, 3.8) is 0 Å². The number of nitroso groups, excluding NO2 is 1. The van der Waals surface area contributed by atoms with Crippen molar-refractivity contribution in [2.75, 3.05) is 18.0 Å². The van der Waals surface area contributed by atoms with Crippen molar-refractivity contribution in [1.29, 1.82) is 0 Å². The van der Waals surface area contributed by atoms with Crippen LogP contribution in [0.25, 0.3) is 11.3 Å². The molecule has 0 radical (unpaired) electrons. The quantitative estimate of drug-likeness (QED) is 0.199. The van der Waals surface area contributed by atoms with Gasteiger partial charge >= 0.3 is 5.97 Å². The molecule has 204 valence electrons. The van der Waals surface area contributed by atoms with Crippen molar-refractivity contribution in [2.45, 2.75) is 30.9 Å². The summed E-state index contributed by atoms with van der Waals surface area (Å²) in [5, 5.41) is 18.2. The minimum absolute atomic E-state index is 0.110. The van der Waals surface area contributed by atoms with Gasteiger partial charge in [0.25, 0.3) is 0 Å². The first-order valence-electron chi connectivity index (χ1n) is 12.4. The van der Waals surface area contributed by atoms with Gasteiger partial charge in [-0.3, -0.25) is 0 Å². The Morgan fingerprint density at radius 2 is 1.85 bits per heavy atom. The monoisotopic (exact) mass is 598 g/mol.